The molecule has 3 aromatic rings. The van der Waals surface area contributed by atoms with E-state index in [1.165, 1.54) is 11.1 Å². The van der Waals surface area contributed by atoms with Crippen LogP contribution in [0.25, 0.3) is 22.1 Å². The van der Waals surface area contributed by atoms with Crippen LogP contribution in [0.15, 0.2) is 65.8 Å². The number of fused-ring (bicyclic) bond motifs is 2. The zero-order valence-electron chi connectivity index (χ0n) is 15.1. The number of benzene rings is 2. The molecule has 0 N–H and O–H groups in total. The first-order chi connectivity index (χ1) is 12.1. The monoisotopic (exact) mass is 332 g/mol. The zero-order valence-corrected chi connectivity index (χ0v) is 15.1. The third-order valence-electron chi connectivity index (χ3n) is 4.09. The summed E-state index contributed by atoms with van der Waals surface area (Å²) >= 11 is 0. The number of para-hydroxylation sites is 3. The summed E-state index contributed by atoms with van der Waals surface area (Å²) in [6.45, 7) is 6.97. The Morgan fingerprint density at radius 1 is 0.880 bits per heavy atom. The van der Waals surface area contributed by atoms with Crippen LogP contribution in [0.3, 0.4) is 0 Å². The highest BCUT2D eigenvalue weighted by molar-refractivity contribution is 5.89. The minimum absolute atomic E-state index is 0.550. The van der Waals surface area contributed by atoms with Gasteiger partial charge >= 0.3 is 0 Å². The number of rotatable bonds is 6. The number of hydrogen-bond acceptors (Lipinski definition) is 3. The fourth-order valence-electron chi connectivity index (χ4n) is 2.70. The van der Waals surface area contributed by atoms with Gasteiger partial charge in [-0.3, -0.25) is 0 Å². The van der Waals surface area contributed by atoms with Crippen molar-refractivity contribution in [2.45, 2.75) is 33.6 Å². The van der Waals surface area contributed by atoms with Crippen LogP contribution in [0.1, 0.15) is 33.6 Å². The predicted octanol–water partition coefficient (Wildman–Crippen LogP) is 5.85. The van der Waals surface area contributed by atoms with Crippen LogP contribution in [0, 0.1) is 0 Å². The third kappa shape index (κ3) is 4.44. The van der Waals surface area contributed by atoms with Crippen LogP contribution in [-0.4, -0.2) is 16.6 Å². The molecule has 3 rings (SSSR count). The van der Waals surface area contributed by atoms with Gasteiger partial charge in [-0.05, 0) is 64.0 Å². The molecule has 1 heterocycles. The van der Waals surface area contributed by atoms with Gasteiger partial charge < -0.3 is 4.74 Å². The summed E-state index contributed by atoms with van der Waals surface area (Å²) in [4.78, 5) is 9.40. The Kier molecular flexibility index (Phi) is 5.44. The van der Waals surface area contributed by atoms with Gasteiger partial charge in [0.05, 0.1) is 16.6 Å². The average Bonchev–Trinajstić information content (AvgIpc) is 2.60. The highest BCUT2D eigenvalue weighted by Crippen LogP contribution is 2.25. The Balaban J connectivity index is 1.75. The van der Waals surface area contributed by atoms with Gasteiger partial charge in [0.15, 0.2) is 0 Å². The molecule has 0 saturated carbocycles. The number of allylic oxidation sites excluding steroid dienone is 3. The van der Waals surface area contributed by atoms with E-state index in [-0.39, 0.29) is 0 Å². The molecule has 0 bridgehead atoms. The lowest BCUT2D eigenvalue weighted by Gasteiger charge is -2.08. The maximum Gasteiger partial charge on any atom is 0.147 e. The number of hydrogen-bond donors (Lipinski definition) is 0. The molecule has 0 aliphatic rings. The van der Waals surface area contributed by atoms with Gasteiger partial charge in [-0.25, -0.2) is 9.97 Å². The first-order valence-corrected chi connectivity index (χ1v) is 8.71. The molecule has 2 aromatic carbocycles. The molecule has 3 nitrogen and oxygen atoms in total. The third-order valence-corrected chi connectivity index (χ3v) is 4.09. The highest BCUT2D eigenvalue weighted by atomic mass is 16.5. The fraction of sp³-hybridized carbons (Fsp3) is 0.273. The van der Waals surface area contributed by atoms with Crippen LogP contribution in [0.2, 0.25) is 0 Å². The summed E-state index contributed by atoms with van der Waals surface area (Å²) in [5.74, 6) is 0.782. The van der Waals surface area contributed by atoms with Crippen molar-refractivity contribution in [3.8, 4) is 5.75 Å². The van der Waals surface area contributed by atoms with E-state index in [1.54, 1.807) is 0 Å². The molecule has 3 heteroatoms. The summed E-state index contributed by atoms with van der Waals surface area (Å²) in [6.07, 6.45) is 6.56. The summed E-state index contributed by atoms with van der Waals surface area (Å²) < 4.78 is 5.97. The molecule has 0 aliphatic carbocycles. The van der Waals surface area contributed by atoms with E-state index in [2.05, 4.69) is 37.9 Å². The summed E-state index contributed by atoms with van der Waals surface area (Å²) in [7, 11) is 0. The topological polar surface area (TPSA) is 35.0 Å². The largest absolute Gasteiger partial charge is 0.487 e. The van der Waals surface area contributed by atoms with E-state index < -0.39 is 0 Å². The van der Waals surface area contributed by atoms with E-state index in [9.17, 15) is 0 Å². The molecule has 0 atom stereocenters. The predicted molar refractivity (Wildman–Crippen MR) is 105 cm³/mol. The van der Waals surface area contributed by atoms with E-state index >= 15 is 0 Å². The van der Waals surface area contributed by atoms with Gasteiger partial charge in [-0.15, -0.1) is 0 Å². The molecule has 0 radical (unpaired) electrons. The zero-order chi connectivity index (χ0) is 17.6. The smallest absolute Gasteiger partial charge is 0.147 e. The van der Waals surface area contributed by atoms with Crippen molar-refractivity contribution in [3.05, 3.63) is 65.8 Å². The normalized spacial score (nSPS) is 11.7. The molecule has 1 aromatic heterocycles. The quantitative estimate of drug-likeness (QED) is 0.419. The van der Waals surface area contributed by atoms with E-state index in [1.807, 2.05) is 42.5 Å². The minimum atomic E-state index is 0.550. The molecule has 0 saturated heterocycles. The van der Waals surface area contributed by atoms with Crippen molar-refractivity contribution in [1.82, 2.24) is 9.97 Å². The Bertz CT molecular complexity index is 937. The summed E-state index contributed by atoms with van der Waals surface area (Å²) in [6, 6.07) is 13.8. The molecular formula is C22H24N2O. The second-order valence-electron chi connectivity index (χ2n) is 6.52. The first kappa shape index (κ1) is 17.2. The average molecular weight is 332 g/mol. The van der Waals surface area contributed by atoms with Crippen molar-refractivity contribution in [3.63, 3.8) is 0 Å². The van der Waals surface area contributed by atoms with Crippen LogP contribution in [-0.2, 0) is 0 Å². The second kappa shape index (κ2) is 7.93. The fourth-order valence-corrected chi connectivity index (χ4v) is 2.70. The molecule has 128 valence electrons. The van der Waals surface area contributed by atoms with Crippen molar-refractivity contribution in [2.24, 2.45) is 0 Å². The van der Waals surface area contributed by atoms with Crippen molar-refractivity contribution in [1.29, 1.82) is 0 Å². The van der Waals surface area contributed by atoms with Gasteiger partial charge in [0, 0.05) is 0 Å². The van der Waals surface area contributed by atoms with Gasteiger partial charge in [-0.2, -0.15) is 0 Å². The summed E-state index contributed by atoms with van der Waals surface area (Å²) in [5.41, 5.74) is 6.18. The Labute approximate surface area is 149 Å². The second-order valence-corrected chi connectivity index (χ2v) is 6.52. The van der Waals surface area contributed by atoms with Crippen molar-refractivity contribution in [2.75, 3.05) is 6.61 Å². The lowest BCUT2D eigenvalue weighted by Crippen LogP contribution is -1.97. The SMILES string of the molecule is CC(C)=CCCC(C)=CCOc1cccc2nc3ccccc3nc12. The summed E-state index contributed by atoms with van der Waals surface area (Å²) in [5, 5.41) is 0. The van der Waals surface area contributed by atoms with Gasteiger partial charge in [0.25, 0.3) is 0 Å². The minimum Gasteiger partial charge on any atom is -0.487 e. The van der Waals surface area contributed by atoms with Crippen LogP contribution >= 0.6 is 0 Å². The Morgan fingerprint density at radius 3 is 2.36 bits per heavy atom. The molecule has 0 unspecified atom stereocenters. The molecule has 0 amide bonds. The standard InChI is InChI=1S/C22H24N2O/c1-16(2)8-6-9-17(3)14-15-25-21-13-7-12-20-22(21)24-19-11-5-4-10-18(19)23-20/h4-5,7-8,10-14H,6,9,15H2,1-3H3. The Hall–Kier alpha value is -2.68. The van der Waals surface area contributed by atoms with Crippen LogP contribution in [0.5, 0.6) is 5.75 Å². The van der Waals surface area contributed by atoms with Gasteiger partial charge in [0.2, 0.25) is 0 Å². The first-order valence-electron chi connectivity index (χ1n) is 8.71. The van der Waals surface area contributed by atoms with Crippen LogP contribution in [0.4, 0.5) is 0 Å². The maximum atomic E-state index is 5.97. The van der Waals surface area contributed by atoms with Crippen molar-refractivity contribution < 1.29 is 4.74 Å². The van der Waals surface area contributed by atoms with E-state index in [0.29, 0.717) is 6.61 Å². The molecular weight excluding hydrogens is 308 g/mol. The molecule has 0 aliphatic heterocycles. The van der Waals surface area contributed by atoms with Crippen molar-refractivity contribution >= 4 is 22.1 Å². The van der Waals surface area contributed by atoms with Crippen LogP contribution < -0.4 is 4.74 Å². The number of aromatic nitrogens is 2. The highest BCUT2D eigenvalue weighted by Gasteiger charge is 2.06. The Morgan fingerprint density at radius 2 is 1.60 bits per heavy atom. The van der Waals surface area contributed by atoms with E-state index in [0.717, 1.165) is 40.7 Å². The van der Waals surface area contributed by atoms with Gasteiger partial charge in [-0.1, -0.05) is 35.4 Å². The molecule has 25 heavy (non-hydrogen) atoms. The lowest BCUT2D eigenvalue weighted by molar-refractivity contribution is 0.365. The molecule has 0 spiro atoms. The number of nitrogens with zero attached hydrogens (tertiary/aromatic N) is 2. The van der Waals surface area contributed by atoms with Gasteiger partial charge in [0.1, 0.15) is 17.9 Å². The molecule has 0 fully saturated rings. The number of ether oxygens (including phenoxy) is 1. The lowest BCUT2D eigenvalue weighted by atomic mass is 10.1. The van der Waals surface area contributed by atoms with E-state index in [4.69, 9.17) is 9.72 Å². The maximum absolute atomic E-state index is 5.97.